The van der Waals surface area contributed by atoms with Crippen LogP contribution in [0.5, 0.6) is 5.75 Å². The van der Waals surface area contributed by atoms with Gasteiger partial charge in [0.2, 0.25) is 0 Å². The molecule has 0 aromatic carbocycles. The predicted molar refractivity (Wildman–Crippen MR) is 93.0 cm³/mol. The van der Waals surface area contributed by atoms with Crippen molar-refractivity contribution in [2.45, 2.75) is 31.8 Å². The average Bonchev–Trinajstić information content (AvgIpc) is 3.10. The van der Waals surface area contributed by atoms with Gasteiger partial charge in [-0.25, -0.2) is 14.8 Å². The summed E-state index contributed by atoms with van der Waals surface area (Å²) in [7, 11) is 1.65. The van der Waals surface area contributed by atoms with Crippen LogP contribution >= 0.6 is 0 Å². The molecule has 1 amide bonds. The smallest absolute Gasteiger partial charge is 0.407 e. The van der Waals surface area contributed by atoms with Crippen molar-refractivity contribution in [3.8, 4) is 5.75 Å². The lowest BCUT2D eigenvalue weighted by Gasteiger charge is -2.13. The molecule has 1 saturated heterocycles. The Kier molecular flexibility index (Phi) is 5.65. The van der Waals surface area contributed by atoms with Crippen LogP contribution in [0.4, 0.5) is 4.79 Å². The van der Waals surface area contributed by atoms with Crippen molar-refractivity contribution in [2.75, 3.05) is 26.8 Å². The number of aryl methyl sites for hydroxylation is 1. The van der Waals surface area contributed by atoms with Crippen LogP contribution in [0, 0.1) is 0 Å². The molecule has 2 aromatic heterocycles. The van der Waals surface area contributed by atoms with E-state index < -0.39 is 6.09 Å². The molecule has 2 aromatic rings. The van der Waals surface area contributed by atoms with Crippen molar-refractivity contribution in [1.82, 2.24) is 14.9 Å². The highest BCUT2D eigenvalue weighted by atomic mass is 16.5. The first-order valence-corrected chi connectivity index (χ1v) is 8.55. The van der Waals surface area contributed by atoms with Crippen molar-refractivity contribution in [1.29, 1.82) is 0 Å². The minimum absolute atomic E-state index is 0.0270. The zero-order valence-corrected chi connectivity index (χ0v) is 14.4. The summed E-state index contributed by atoms with van der Waals surface area (Å²) >= 11 is 0. The van der Waals surface area contributed by atoms with Crippen LogP contribution in [-0.2, 0) is 11.2 Å². The van der Waals surface area contributed by atoms with Gasteiger partial charge in [-0.2, -0.15) is 0 Å². The fourth-order valence-electron chi connectivity index (χ4n) is 3.07. The van der Waals surface area contributed by atoms with Gasteiger partial charge in [-0.3, -0.25) is 0 Å². The van der Waals surface area contributed by atoms with Gasteiger partial charge >= 0.3 is 6.09 Å². The van der Waals surface area contributed by atoms with E-state index in [0.29, 0.717) is 25.3 Å². The topological polar surface area (TPSA) is 84.8 Å². The monoisotopic (exact) mass is 345 g/mol. The molecule has 1 aliphatic rings. The summed E-state index contributed by atoms with van der Waals surface area (Å²) in [4.78, 5) is 21.2. The summed E-state index contributed by atoms with van der Waals surface area (Å²) in [6, 6.07) is 5.79. The number of rotatable bonds is 7. The number of carbonyl (C=O) groups is 1. The molecule has 3 heterocycles. The van der Waals surface area contributed by atoms with Crippen LogP contribution in [0.1, 0.15) is 25.0 Å². The van der Waals surface area contributed by atoms with Crippen molar-refractivity contribution in [3.05, 3.63) is 30.1 Å². The first-order chi connectivity index (χ1) is 12.2. The van der Waals surface area contributed by atoms with Gasteiger partial charge in [-0.05, 0) is 37.8 Å². The molecule has 7 heteroatoms. The number of unbranched alkanes of at least 4 members (excludes halogenated alkanes) is 1. The average molecular weight is 345 g/mol. The Hall–Kier alpha value is -2.41. The molecule has 1 N–H and O–H groups in total. The largest absolute Gasteiger partial charge is 0.496 e. The summed E-state index contributed by atoms with van der Waals surface area (Å²) in [5.41, 5.74) is 1.66. The lowest BCUT2D eigenvalue weighted by atomic mass is 10.1. The van der Waals surface area contributed by atoms with Gasteiger partial charge in [0.15, 0.2) is 5.65 Å². The molecule has 0 saturated carbocycles. The Morgan fingerprint density at radius 3 is 3.08 bits per heavy atom. The molecule has 0 bridgehead atoms. The maximum absolute atomic E-state index is 10.9. The molecule has 25 heavy (non-hydrogen) atoms. The predicted octanol–water partition coefficient (Wildman–Crippen LogP) is 2.73. The molecular formula is C18H23N3O4. The van der Waals surface area contributed by atoms with Crippen LogP contribution in [0.25, 0.3) is 11.0 Å². The fraction of sp³-hybridized carbons (Fsp3) is 0.500. The van der Waals surface area contributed by atoms with E-state index in [-0.39, 0.29) is 6.10 Å². The van der Waals surface area contributed by atoms with E-state index in [0.717, 1.165) is 42.5 Å². The van der Waals surface area contributed by atoms with E-state index in [4.69, 9.17) is 14.6 Å². The van der Waals surface area contributed by atoms with Crippen LogP contribution < -0.4 is 4.74 Å². The minimum atomic E-state index is -0.865. The SMILES string of the molecule is COc1cc(CCCCOC2CCN(C(=O)O)C2)nc2ncccc12. The molecule has 134 valence electrons. The van der Waals surface area contributed by atoms with Crippen molar-refractivity contribution in [2.24, 2.45) is 0 Å². The first kappa shape index (κ1) is 17.4. The van der Waals surface area contributed by atoms with Gasteiger partial charge in [0, 0.05) is 31.1 Å². The Bertz CT molecular complexity index is 737. The second kappa shape index (κ2) is 8.11. The lowest BCUT2D eigenvalue weighted by molar-refractivity contribution is 0.0563. The number of hydrogen-bond donors (Lipinski definition) is 1. The number of aromatic nitrogens is 2. The molecule has 1 aliphatic heterocycles. The summed E-state index contributed by atoms with van der Waals surface area (Å²) in [6.45, 7) is 1.68. The zero-order chi connectivity index (χ0) is 17.6. The van der Waals surface area contributed by atoms with E-state index in [1.807, 2.05) is 18.2 Å². The van der Waals surface area contributed by atoms with Crippen LogP contribution in [0.3, 0.4) is 0 Å². The van der Waals surface area contributed by atoms with Gasteiger partial charge in [0.1, 0.15) is 5.75 Å². The summed E-state index contributed by atoms with van der Waals surface area (Å²) in [6.07, 6.45) is 4.36. The van der Waals surface area contributed by atoms with Gasteiger partial charge < -0.3 is 19.5 Å². The fourth-order valence-corrected chi connectivity index (χ4v) is 3.07. The third kappa shape index (κ3) is 4.36. The molecule has 1 fully saturated rings. The summed E-state index contributed by atoms with van der Waals surface area (Å²) in [5.74, 6) is 0.795. The number of nitrogens with zero attached hydrogens (tertiary/aromatic N) is 3. The number of methoxy groups -OCH3 is 1. The normalized spacial score (nSPS) is 17.2. The van der Waals surface area contributed by atoms with E-state index >= 15 is 0 Å². The quantitative estimate of drug-likeness (QED) is 0.777. The number of amides is 1. The number of ether oxygens (including phenoxy) is 2. The van der Waals surface area contributed by atoms with Gasteiger partial charge in [0.25, 0.3) is 0 Å². The molecular weight excluding hydrogens is 322 g/mol. The molecule has 7 nitrogen and oxygen atoms in total. The molecule has 0 radical (unpaired) electrons. The number of fused-ring (bicyclic) bond motifs is 1. The third-order valence-corrected chi connectivity index (χ3v) is 4.42. The highest BCUT2D eigenvalue weighted by molar-refractivity contribution is 5.81. The second-order valence-corrected chi connectivity index (χ2v) is 6.16. The van der Waals surface area contributed by atoms with Gasteiger partial charge in [-0.15, -0.1) is 0 Å². The summed E-state index contributed by atoms with van der Waals surface area (Å²) in [5, 5.41) is 9.85. The molecule has 0 spiro atoms. The summed E-state index contributed by atoms with van der Waals surface area (Å²) < 4.78 is 11.2. The lowest BCUT2D eigenvalue weighted by Crippen LogP contribution is -2.28. The van der Waals surface area contributed by atoms with Crippen LogP contribution in [0.2, 0.25) is 0 Å². The highest BCUT2D eigenvalue weighted by Crippen LogP contribution is 2.24. The number of likely N-dealkylation sites (tertiary alicyclic amines) is 1. The zero-order valence-electron chi connectivity index (χ0n) is 14.4. The third-order valence-electron chi connectivity index (χ3n) is 4.42. The van der Waals surface area contributed by atoms with E-state index in [9.17, 15) is 4.79 Å². The van der Waals surface area contributed by atoms with E-state index in [1.165, 1.54) is 4.90 Å². The second-order valence-electron chi connectivity index (χ2n) is 6.16. The Morgan fingerprint density at radius 2 is 2.32 bits per heavy atom. The Labute approximate surface area is 146 Å². The van der Waals surface area contributed by atoms with Crippen LogP contribution in [0.15, 0.2) is 24.4 Å². The van der Waals surface area contributed by atoms with E-state index in [1.54, 1.807) is 13.3 Å². The Morgan fingerprint density at radius 1 is 1.44 bits per heavy atom. The number of pyridine rings is 2. The van der Waals surface area contributed by atoms with Crippen molar-refractivity contribution < 1.29 is 19.4 Å². The first-order valence-electron chi connectivity index (χ1n) is 8.55. The number of hydrogen-bond acceptors (Lipinski definition) is 5. The Balaban J connectivity index is 1.45. The maximum atomic E-state index is 10.9. The van der Waals surface area contributed by atoms with Crippen molar-refractivity contribution in [3.63, 3.8) is 0 Å². The molecule has 1 atom stereocenters. The van der Waals surface area contributed by atoms with Gasteiger partial charge in [0.05, 0.1) is 25.1 Å². The molecule has 0 aliphatic carbocycles. The standard InChI is InChI=1S/C18H23N3O4/c1-24-16-11-13(20-17-15(16)6-4-8-19-17)5-2-3-10-25-14-7-9-21(12-14)18(22)23/h4,6,8,11,14H,2-3,5,7,9-10,12H2,1H3,(H,22,23). The van der Waals surface area contributed by atoms with Crippen LogP contribution in [-0.4, -0.2) is 59.0 Å². The molecule has 3 rings (SSSR count). The van der Waals surface area contributed by atoms with E-state index in [2.05, 4.69) is 9.97 Å². The highest BCUT2D eigenvalue weighted by Gasteiger charge is 2.26. The minimum Gasteiger partial charge on any atom is -0.496 e. The number of carboxylic acid groups (broad SMARTS) is 1. The van der Waals surface area contributed by atoms with Crippen molar-refractivity contribution >= 4 is 17.1 Å². The maximum Gasteiger partial charge on any atom is 0.407 e. The molecule has 1 unspecified atom stereocenters. The van der Waals surface area contributed by atoms with Gasteiger partial charge in [-0.1, -0.05) is 0 Å².